The maximum absolute atomic E-state index is 12.3. The molecule has 0 unspecified atom stereocenters. The number of carbonyl (C=O) groups is 2. The molecule has 1 heterocycles. The quantitative estimate of drug-likeness (QED) is 0.897. The molecule has 0 radical (unpaired) electrons. The summed E-state index contributed by atoms with van der Waals surface area (Å²) in [6.45, 7) is 6.04. The minimum atomic E-state index is -0.207. The Morgan fingerprint density at radius 1 is 0.923 bits per heavy atom. The van der Waals surface area contributed by atoms with Crippen LogP contribution >= 0.6 is 0 Å². The van der Waals surface area contributed by atoms with Crippen LogP contribution in [0.15, 0.2) is 54.6 Å². The first-order chi connectivity index (χ1) is 12.6. The summed E-state index contributed by atoms with van der Waals surface area (Å²) < 4.78 is 0. The molecule has 0 aliphatic carbocycles. The molecule has 1 aliphatic rings. The van der Waals surface area contributed by atoms with Crippen molar-refractivity contribution in [3.63, 3.8) is 0 Å². The van der Waals surface area contributed by atoms with E-state index in [0.717, 1.165) is 25.2 Å². The van der Waals surface area contributed by atoms with E-state index in [1.54, 1.807) is 12.1 Å². The molecule has 0 atom stereocenters. The molecule has 0 spiro atoms. The fourth-order valence-corrected chi connectivity index (χ4v) is 3.07. The highest BCUT2D eigenvalue weighted by Crippen LogP contribution is 2.08. The first-order valence-corrected chi connectivity index (χ1v) is 9.01. The van der Waals surface area contributed by atoms with Crippen LogP contribution in [0.4, 0.5) is 0 Å². The average Bonchev–Trinajstić information content (AvgIpc) is 2.68. The largest absolute Gasteiger partial charge is 0.343 e. The van der Waals surface area contributed by atoms with Crippen molar-refractivity contribution < 1.29 is 9.59 Å². The van der Waals surface area contributed by atoms with Gasteiger partial charge in [-0.15, -0.1) is 0 Å². The standard InChI is InChI=1S/C21H25N3O2/c1-17-7-9-19(10-8-17)21(26)22-15-20(25)24-13-11-23(12-14-24)16-18-5-3-2-4-6-18/h2-10H,11-16H2,1H3,(H,22,26). The predicted octanol–water partition coefficient (Wildman–Crippen LogP) is 2.07. The van der Waals surface area contributed by atoms with E-state index in [9.17, 15) is 9.59 Å². The van der Waals surface area contributed by atoms with Gasteiger partial charge in [0, 0.05) is 38.3 Å². The Hall–Kier alpha value is -2.66. The van der Waals surface area contributed by atoms with Crippen LogP contribution in [0, 0.1) is 6.92 Å². The number of nitrogens with one attached hydrogen (secondary N) is 1. The molecule has 0 saturated carbocycles. The van der Waals surface area contributed by atoms with Gasteiger partial charge in [0.25, 0.3) is 5.91 Å². The van der Waals surface area contributed by atoms with Gasteiger partial charge < -0.3 is 10.2 Å². The van der Waals surface area contributed by atoms with Gasteiger partial charge in [0.05, 0.1) is 6.54 Å². The van der Waals surface area contributed by atoms with Gasteiger partial charge in [-0.3, -0.25) is 14.5 Å². The number of hydrogen-bond donors (Lipinski definition) is 1. The van der Waals surface area contributed by atoms with Gasteiger partial charge in [-0.05, 0) is 24.6 Å². The lowest BCUT2D eigenvalue weighted by Crippen LogP contribution is -2.50. The zero-order chi connectivity index (χ0) is 18.4. The zero-order valence-corrected chi connectivity index (χ0v) is 15.1. The van der Waals surface area contributed by atoms with Crippen molar-refractivity contribution in [2.24, 2.45) is 0 Å². The van der Waals surface area contributed by atoms with Gasteiger partial charge in [-0.25, -0.2) is 0 Å². The Morgan fingerprint density at radius 2 is 1.58 bits per heavy atom. The fraction of sp³-hybridized carbons (Fsp3) is 0.333. The predicted molar refractivity (Wildman–Crippen MR) is 102 cm³/mol. The number of nitrogens with zero attached hydrogens (tertiary/aromatic N) is 2. The Bertz CT molecular complexity index is 736. The summed E-state index contributed by atoms with van der Waals surface area (Å²) >= 11 is 0. The topological polar surface area (TPSA) is 52.7 Å². The molecule has 26 heavy (non-hydrogen) atoms. The van der Waals surface area contributed by atoms with Crippen molar-refractivity contribution >= 4 is 11.8 Å². The average molecular weight is 351 g/mol. The summed E-state index contributed by atoms with van der Waals surface area (Å²) in [4.78, 5) is 28.6. The van der Waals surface area contributed by atoms with Gasteiger partial charge in [0.2, 0.25) is 5.91 Å². The summed E-state index contributed by atoms with van der Waals surface area (Å²) in [5.74, 6) is -0.231. The van der Waals surface area contributed by atoms with Gasteiger partial charge in [-0.2, -0.15) is 0 Å². The molecule has 1 saturated heterocycles. The summed E-state index contributed by atoms with van der Waals surface area (Å²) in [5.41, 5.74) is 2.97. The molecule has 1 N–H and O–H groups in total. The van der Waals surface area contributed by atoms with Crippen LogP contribution in [0.3, 0.4) is 0 Å². The van der Waals surface area contributed by atoms with E-state index in [4.69, 9.17) is 0 Å². The van der Waals surface area contributed by atoms with Crippen LogP contribution in [0.2, 0.25) is 0 Å². The van der Waals surface area contributed by atoms with Gasteiger partial charge in [0.15, 0.2) is 0 Å². The number of aryl methyl sites for hydroxylation is 1. The van der Waals surface area contributed by atoms with Crippen LogP contribution in [0.1, 0.15) is 21.5 Å². The summed E-state index contributed by atoms with van der Waals surface area (Å²) in [6.07, 6.45) is 0. The fourth-order valence-electron chi connectivity index (χ4n) is 3.07. The molecule has 2 amide bonds. The zero-order valence-electron chi connectivity index (χ0n) is 15.1. The Morgan fingerprint density at radius 3 is 2.23 bits per heavy atom. The molecule has 3 rings (SSSR count). The highest BCUT2D eigenvalue weighted by Gasteiger charge is 2.21. The van der Waals surface area contributed by atoms with E-state index in [1.807, 2.05) is 42.2 Å². The monoisotopic (exact) mass is 351 g/mol. The number of carbonyl (C=O) groups excluding carboxylic acids is 2. The van der Waals surface area contributed by atoms with E-state index in [2.05, 4.69) is 22.3 Å². The Kier molecular flexibility index (Phi) is 6.02. The third kappa shape index (κ3) is 4.92. The molecule has 1 fully saturated rings. The molecule has 1 aliphatic heterocycles. The van der Waals surface area contributed by atoms with E-state index >= 15 is 0 Å². The first kappa shape index (κ1) is 18.1. The van der Waals surface area contributed by atoms with Crippen LogP contribution in [-0.2, 0) is 11.3 Å². The number of hydrogen-bond acceptors (Lipinski definition) is 3. The Balaban J connectivity index is 1.42. The van der Waals surface area contributed by atoms with Crippen molar-refractivity contribution in [1.29, 1.82) is 0 Å². The lowest BCUT2D eigenvalue weighted by atomic mass is 10.1. The maximum atomic E-state index is 12.3. The third-order valence-corrected chi connectivity index (χ3v) is 4.69. The lowest BCUT2D eigenvalue weighted by molar-refractivity contribution is -0.131. The molecule has 2 aromatic rings. The van der Waals surface area contributed by atoms with Crippen LogP contribution in [-0.4, -0.2) is 54.3 Å². The second-order valence-electron chi connectivity index (χ2n) is 6.69. The molecule has 0 bridgehead atoms. The number of benzene rings is 2. The second-order valence-corrected chi connectivity index (χ2v) is 6.69. The molecule has 5 heteroatoms. The van der Waals surface area contributed by atoms with Gasteiger partial charge in [0.1, 0.15) is 0 Å². The smallest absolute Gasteiger partial charge is 0.251 e. The van der Waals surface area contributed by atoms with Crippen molar-refractivity contribution in [3.05, 3.63) is 71.3 Å². The molecule has 136 valence electrons. The number of amides is 2. The van der Waals surface area contributed by atoms with Crippen LogP contribution in [0.5, 0.6) is 0 Å². The van der Waals surface area contributed by atoms with Crippen molar-refractivity contribution in [3.8, 4) is 0 Å². The summed E-state index contributed by atoms with van der Waals surface area (Å²) in [7, 11) is 0. The van der Waals surface area contributed by atoms with E-state index in [0.29, 0.717) is 18.7 Å². The van der Waals surface area contributed by atoms with E-state index < -0.39 is 0 Å². The van der Waals surface area contributed by atoms with Gasteiger partial charge >= 0.3 is 0 Å². The van der Waals surface area contributed by atoms with E-state index in [-0.39, 0.29) is 18.4 Å². The van der Waals surface area contributed by atoms with E-state index in [1.165, 1.54) is 5.56 Å². The molecule has 2 aromatic carbocycles. The SMILES string of the molecule is Cc1ccc(C(=O)NCC(=O)N2CCN(Cc3ccccc3)CC2)cc1. The minimum absolute atomic E-state index is 0.0233. The maximum Gasteiger partial charge on any atom is 0.251 e. The summed E-state index contributed by atoms with van der Waals surface area (Å²) in [6, 6.07) is 17.7. The number of rotatable bonds is 5. The highest BCUT2D eigenvalue weighted by molar-refractivity contribution is 5.96. The van der Waals surface area contributed by atoms with Crippen molar-refractivity contribution in [2.75, 3.05) is 32.7 Å². The molecule has 0 aromatic heterocycles. The first-order valence-electron chi connectivity index (χ1n) is 9.01. The lowest BCUT2D eigenvalue weighted by Gasteiger charge is -2.34. The summed E-state index contributed by atoms with van der Waals surface area (Å²) in [5, 5.41) is 2.72. The normalized spacial score (nSPS) is 14.9. The number of piperazine rings is 1. The second kappa shape index (κ2) is 8.63. The van der Waals surface area contributed by atoms with Gasteiger partial charge in [-0.1, -0.05) is 48.0 Å². The Labute approximate surface area is 154 Å². The minimum Gasteiger partial charge on any atom is -0.343 e. The molecular formula is C21H25N3O2. The van der Waals surface area contributed by atoms with Crippen LogP contribution in [0.25, 0.3) is 0 Å². The highest BCUT2D eigenvalue weighted by atomic mass is 16.2. The van der Waals surface area contributed by atoms with Crippen molar-refractivity contribution in [2.45, 2.75) is 13.5 Å². The van der Waals surface area contributed by atoms with Crippen LogP contribution < -0.4 is 5.32 Å². The van der Waals surface area contributed by atoms with Crippen molar-refractivity contribution in [1.82, 2.24) is 15.1 Å². The third-order valence-electron chi connectivity index (χ3n) is 4.69. The molecule has 5 nitrogen and oxygen atoms in total. The molecular weight excluding hydrogens is 326 g/mol.